The number of nitrogen functional groups attached to an aromatic ring is 1. The van der Waals surface area contributed by atoms with E-state index in [4.69, 9.17) is 11.5 Å². The summed E-state index contributed by atoms with van der Waals surface area (Å²) in [6, 6.07) is 1.87. The fourth-order valence-corrected chi connectivity index (χ4v) is 1.37. The van der Waals surface area contributed by atoms with Crippen molar-refractivity contribution in [3.05, 3.63) is 17.8 Å². The number of carbonyl (C=O) groups is 1. The van der Waals surface area contributed by atoms with E-state index < -0.39 is 0 Å². The molecule has 0 atom stereocenters. The minimum Gasteiger partial charge on any atom is -0.396 e. The Labute approximate surface area is 95.2 Å². The Morgan fingerprint density at radius 3 is 2.88 bits per heavy atom. The molecule has 5 N–H and O–H groups in total. The van der Waals surface area contributed by atoms with E-state index in [2.05, 4.69) is 10.3 Å². The number of anilines is 2. The number of nitrogens with one attached hydrogen (secondary N) is 1. The number of aromatic nitrogens is 1. The number of pyridine rings is 1. The van der Waals surface area contributed by atoms with Crippen LogP contribution in [0.4, 0.5) is 11.5 Å². The number of unbranched alkanes of at least 4 members (excludes halogenated alkanes) is 1. The molecule has 0 aliphatic heterocycles. The lowest BCUT2D eigenvalue weighted by molar-refractivity contribution is -0.118. The third-order valence-corrected chi connectivity index (χ3v) is 2.20. The highest BCUT2D eigenvalue weighted by molar-refractivity contribution is 5.73. The van der Waals surface area contributed by atoms with E-state index in [1.54, 1.807) is 6.20 Å². The summed E-state index contributed by atoms with van der Waals surface area (Å²) in [5, 5.41) is 3.13. The molecular formula is C11H18N4O. The second kappa shape index (κ2) is 5.95. The van der Waals surface area contributed by atoms with Crippen molar-refractivity contribution in [3.8, 4) is 0 Å². The highest BCUT2D eigenvalue weighted by atomic mass is 16.1. The van der Waals surface area contributed by atoms with Crippen molar-refractivity contribution in [3.63, 3.8) is 0 Å². The van der Waals surface area contributed by atoms with Crippen molar-refractivity contribution in [2.75, 3.05) is 17.6 Å². The molecule has 1 aromatic heterocycles. The first kappa shape index (κ1) is 12.3. The van der Waals surface area contributed by atoms with Gasteiger partial charge in [0.05, 0.1) is 5.69 Å². The molecule has 88 valence electrons. The lowest BCUT2D eigenvalue weighted by atomic mass is 10.2. The van der Waals surface area contributed by atoms with Crippen LogP contribution in [0, 0.1) is 6.92 Å². The normalized spacial score (nSPS) is 10.1. The number of amides is 1. The van der Waals surface area contributed by atoms with Gasteiger partial charge in [0.25, 0.3) is 0 Å². The number of nitrogens with two attached hydrogens (primary N) is 2. The number of primary amides is 1. The average molecular weight is 222 g/mol. The zero-order valence-electron chi connectivity index (χ0n) is 9.49. The Kier molecular flexibility index (Phi) is 4.57. The van der Waals surface area contributed by atoms with Gasteiger partial charge in [-0.05, 0) is 31.4 Å². The molecule has 16 heavy (non-hydrogen) atoms. The Balaban J connectivity index is 2.29. The van der Waals surface area contributed by atoms with Gasteiger partial charge in [0.2, 0.25) is 5.91 Å². The number of nitrogens with zero attached hydrogens (tertiary/aromatic N) is 1. The van der Waals surface area contributed by atoms with E-state index in [-0.39, 0.29) is 5.91 Å². The van der Waals surface area contributed by atoms with Gasteiger partial charge in [0.1, 0.15) is 5.82 Å². The predicted molar refractivity (Wildman–Crippen MR) is 64.9 cm³/mol. The summed E-state index contributed by atoms with van der Waals surface area (Å²) in [6.45, 7) is 2.69. The van der Waals surface area contributed by atoms with Crippen LogP contribution in [0.25, 0.3) is 0 Å². The van der Waals surface area contributed by atoms with Gasteiger partial charge >= 0.3 is 0 Å². The molecule has 1 aromatic rings. The van der Waals surface area contributed by atoms with Crippen LogP contribution in [0.3, 0.4) is 0 Å². The summed E-state index contributed by atoms with van der Waals surface area (Å²) >= 11 is 0. The molecule has 0 bridgehead atoms. The quantitative estimate of drug-likeness (QED) is 0.627. The van der Waals surface area contributed by atoms with Crippen molar-refractivity contribution in [1.29, 1.82) is 0 Å². The topological polar surface area (TPSA) is 94.0 Å². The van der Waals surface area contributed by atoms with Crippen LogP contribution in [0.1, 0.15) is 24.8 Å². The van der Waals surface area contributed by atoms with Crippen molar-refractivity contribution in [2.24, 2.45) is 5.73 Å². The molecule has 1 amide bonds. The van der Waals surface area contributed by atoms with Crippen molar-refractivity contribution >= 4 is 17.4 Å². The molecule has 1 rings (SSSR count). The lowest BCUT2D eigenvalue weighted by Gasteiger charge is -2.08. The summed E-state index contributed by atoms with van der Waals surface area (Å²) in [7, 11) is 0. The third-order valence-electron chi connectivity index (χ3n) is 2.20. The maximum atomic E-state index is 10.5. The number of rotatable bonds is 6. The zero-order chi connectivity index (χ0) is 12.0. The summed E-state index contributed by atoms with van der Waals surface area (Å²) in [5.41, 5.74) is 12.5. The fraction of sp³-hybridized carbons (Fsp3) is 0.455. The average Bonchev–Trinajstić information content (AvgIpc) is 2.20. The van der Waals surface area contributed by atoms with Gasteiger partial charge in [-0.2, -0.15) is 0 Å². The summed E-state index contributed by atoms with van der Waals surface area (Å²) in [6.07, 6.45) is 3.85. The molecule has 0 saturated carbocycles. The first-order valence-electron chi connectivity index (χ1n) is 5.34. The summed E-state index contributed by atoms with van der Waals surface area (Å²) < 4.78 is 0. The Bertz CT molecular complexity index is 365. The lowest BCUT2D eigenvalue weighted by Crippen LogP contribution is -2.11. The minimum atomic E-state index is -0.257. The van der Waals surface area contributed by atoms with Crippen LogP contribution in [-0.4, -0.2) is 17.4 Å². The van der Waals surface area contributed by atoms with Crippen molar-refractivity contribution in [2.45, 2.75) is 26.2 Å². The SMILES string of the molecule is Cc1cnc(NCCCCC(N)=O)c(N)c1. The van der Waals surface area contributed by atoms with E-state index in [1.165, 1.54) is 0 Å². The Hall–Kier alpha value is -1.78. The van der Waals surface area contributed by atoms with E-state index in [0.29, 0.717) is 17.9 Å². The van der Waals surface area contributed by atoms with Gasteiger partial charge in [-0.15, -0.1) is 0 Å². The van der Waals surface area contributed by atoms with Gasteiger partial charge in [-0.1, -0.05) is 0 Å². The first-order valence-corrected chi connectivity index (χ1v) is 5.34. The number of carbonyl (C=O) groups excluding carboxylic acids is 1. The number of hydrogen-bond donors (Lipinski definition) is 3. The molecule has 0 radical (unpaired) electrons. The predicted octanol–water partition coefficient (Wildman–Crippen LogP) is 1.04. The van der Waals surface area contributed by atoms with Crippen LogP contribution in [0.2, 0.25) is 0 Å². The molecule has 0 aliphatic carbocycles. The van der Waals surface area contributed by atoms with E-state index >= 15 is 0 Å². The van der Waals surface area contributed by atoms with Gasteiger partial charge < -0.3 is 16.8 Å². The smallest absolute Gasteiger partial charge is 0.217 e. The molecule has 0 saturated heterocycles. The van der Waals surface area contributed by atoms with E-state index in [1.807, 2.05) is 13.0 Å². The molecule has 0 aliphatic rings. The standard InChI is InChI=1S/C11H18N4O/c1-8-6-9(12)11(15-7-8)14-5-3-2-4-10(13)16/h6-7H,2-5,12H2,1H3,(H2,13,16)(H,14,15). The molecular weight excluding hydrogens is 204 g/mol. The first-order chi connectivity index (χ1) is 7.59. The number of aryl methyl sites for hydroxylation is 1. The van der Waals surface area contributed by atoms with E-state index in [9.17, 15) is 4.79 Å². The second-order valence-electron chi connectivity index (χ2n) is 3.80. The van der Waals surface area contributed by atoms with Crippen molar-refractivity contribution < 1.29 is 4.79 Å². The van der Waals surface area contributed by atoms with Crippen LogP contribution < -0.4 is 16.8 Å². The highest BCUT2D eigenvalue weighted by Gasteiger charge is 2.00. The maximum Gasteiger partial charge on any atom is 0.217 e. The Morgan fingerprint density at radius 2 is 2.25 bits per heavy atom. The van der Waals surface area contributed by atoms with Gasteiger partial charge in [-0.3, -0.25) is 4.79 Å². The van der Waals surface area contributed by atoms with Gasteiger partial charge in [0, 0.05) is 19.2 Å². The zero-order valence-corrected chi connectivity index (χ0v) is 9.49. The maximum absolute atomic E-state index is 10.5. The molecule has 5 nitrogen and oxygen atoms in total. The fourth-order valence-electron chi connectivity index (χ4n) is 1.37. The molecule has 0 aromatic carbocycles. The largest absolute Gasteiger partial charge is 0.396 e. The van der Waals surface area contributed by atoms with Gasteiger partial charge in [0.15, 0.2) is 0 Å². The molecule has 5 heteroatoms. The van der Waals surface area contributed by atoms with Gasteiger partial charge in [-0.25, -0.2) is 4.98 Å². The van der Waals surface area contributed by atoms with Crippen molar-refractivity contribution in [1.82, 2.24) is 4.98 Å². The molecule has 1 heterocycles. The van der Waals surface area contributed by atoms with Crippen LogP contribution in [0.5, 0.6) is 0 Å². The van der Waals surface area contributed by atoms with E-state index in [0.717, 1.165) is 24.9 Å². The molecule has 0 unspecified atom stereocenters. The summed E-state index contributed by atoms with van der Waals surface area (Å²) in [4.78, 5) is 14.7. The number of hydrogen-bond acceptors (Lipinski definition) is 4. The monoisotopic (exact) mass is 222 g/mol. The molecule has 0 spiro atoms. The van der Waals surface area contributed by atoms with Crippen LogP contribution in [0.15, 0.2) is 12.3 Å². The third kappa shape index (κ3) is 4.16. The van der Waals surface area contributed by atoms with Crippen LogP contribution in [-0.2, 0) is 4.79 Å². The van der Waals surface area contributed by atoms with Crippen LogP contribution >= 0.6 is 0 Å². The second-order valence-corrected chi connectivity index (χ2v) is 3.80. The molecule has 0 fully saturated rings. The summed E-state index contributed by atoms with van der Waals surface area (Å²) in [5.74, 6) is 0.442. The Morgan fingerprint density at radius 1 is 1.50 bits per heavy atom. The highest BCUT2D eigenvalue weighted by Crippen LogP contribution is 2.15. The minimum absolute atomic E-state index is 0.257.